The van der Waals surface area contributed by atoms with Crippen LogP contribution in [0.25, 0.3) is 0 Å². The molecular formula is C52H103NO9. The van der Waals surface area contributed by atoms with Gasteiger partial charge in [0, 0.05) is 6.42 Å². The van der Waals surface area contributed by atoms with Crippen LogP contribution in [0.2, 0.25) is 0 Å². The van der Waals surface area contributed by atoms with Crippen LogP contribution in [0.5, 0.6) is 0 Å². The summed E-state index contributed by atoms with van der Waals surface area (Å²) in [6.45, 7) is 3.64. The molecule has 10 nitrogen and oxygen atoms in total. The first kappa shape index (κ1) is 59.2. The molecule has 1 aliphatic rings. The highest BCUT2D eigenvalue weighted by Crippen LogP contribution is 2.23. The van der Waals surface area contributed by atoms with E-state index in [0.29, 0.717) is 6.42 Å². The van der Waals surface area contributed by atoms with Crippen molar-refractivity contribution >= 4 is 5.91 Å². The number of hydrogen-bond acceptors (Lipinski definition) is 9. The Morgan fingerprint density at radius 2 is 0.839 bits per heavy atom. The Hall–Kier alpha value is -0.850. The van der Waals surface area contributed by atoms with Gasteiger partial charge in [-0.25, -0.2) is 0 Å². The van der Waals surface area contributed by atoms with E-state index in [1.165, 1.54) is 199 Å². The van der Waals surface area contributed by atoms with Crippen molar-refractivity contribution in [2.45, 2.75) is 313 Å². The lowest BCUT2D eigenvalue weighted by molar-refractivity contribution is -0.303. The quantitative estimate of drug-likeness (QED) is 0.0294. The molecule has 1 aliphatic heterocycles. The average molecular weight is 886 g/mol. The lowest BCUT2D eigenvalue weighted by Crippen LogP contribution is -2.60. The average Bonchev–Trinajstić information content (AvgIpc) is 3.27. The highest BCUT2D eigenvalue weighted by atomic mass is 16.7. The maximum absolute atomic E-state index is 13.1. The van der Waals surface area contributed by atoms with Crippen molar-refractivity contribution in [1.29, 1.82) is 0 Å². The fraction of sp³-hybridized carbons (Fsp3) is 0.981. The molecule has 2 unspecified atom stereocenters. The Morgan fingerprint density at radius 3 is 1.19 bits per heavy atom. The van der Waals surface area contributed by atoms with Gasteiger partial charge in [0.2, 0.25) is 5.91 Å². The molecule has 10 heteroatoms. The summed E-state index contributed by atoms with van der Waals surface area (Å²) in [6, 6.07) is -0.985. The Labute approximate surface area is 381 Å². The van der Waals surface area contributed by atoms with Gasteiger partial charge in [-0.2, -0.15) is 0 Å². The molecule has 62 heavy (non-hydrogen) atoms. The van der Waals surface area contributed by atoms with Crippen LogP contribution in [0.4, 0.5) is 0 Å². The highest BCUT2D eigenvalue weighted by Gasteiger charge is 2.44. The zero-order valence-electron chi connectivity index (χ0n) is 40.5. The summed E-state index contributed by atoms with van der Waals surface area (Å²) in [4.78, 5) is 13.1. The van der Waals surface area contributed by atoms with Gasteiger partial charge in [-0.05, 0) is 12.8 Å². The molecular weight excluding hydrogens is 783 g/mol. The van der Waals surface area contributed by atoms with Gasteiger partial charge in [0.05, 0.1) is 25.4 Å². The summed E-state index contributed by atoms with van der Waals surface area (Å²) in [7, 11) is 0. The van der Waals surface area contributed by atoms with E-state index in [2.05, 4.69) is 19.2 Å². The Kier molecular flexibility index (Phi) is 40.8. The first-order valence-corrected chi connectivity index (χ1v) is 26.8. The number of aliphatic hydroxyl groups is 6. The second-order valence-electron chi connectivity index (χ2n) is 19.2. The number of aliphatic hydroxyl groups excluding tert-OH is 6. The Bertz CT molecular complexity index is 957. The number of unbranched alkanes of at least 4 members (excludes halogenated alkanes) is 35. The van der Waals surface area contributed by atoms with Gasteiger partial charge in [0.15, 0.2) is 6.29 Å². The predicted molar refractivity (Wildman–Crippen MR) is 255 cm³/mol. The molecule has 0 aromatic carbocycles. The first-order valence-electron chi connectivity index (χ1n) is 26.8. The lowest BCUT2D eigenvalue weighted by Gasteiger charge is -2.40. The SMILES string of the molecule is CCCCCCCCCCCCCCCCCCCCCCCCCCC(=O)N[C@@H](CO[C@@H]1O[C@H](CO)[C@H](O)C(O)C1O)[C@H](O)[C@H](O)CCCCCCCCCCCCCCC. The fourth-order valence-electron chi connectivity index (χ4n) is 8.97. The molecule has 0 radical (unpaired) electrons. The van der Waals surface area contributed by atoms with E-state index < -0.39 is 55.6 Å². The number of ether oxygens (including phenoxy) is 2. The molecule has 370 valence electrons. The monoisotopic (exact) mass is 886 g/mol. The molecule has 0 saturated carbocycles. The predicted octanol–water partition coefficient (Wildman–Crippen LogP) is 11.3. The molecule has 0 spiro atoms. The van der Waals surface area contributed by atoms with E-state index in [0.717, 1.165) is 38.5 Å². The summed E-state index contributed by atoms with van der Waals surface area (Å²) < 4.78 is 11.2. The summed E-state index contributed by atoms with van der Waals surface area (Å²) in [5.74, 6) is -0.251. The Balaban J connectivity index is 2.25. The van der Waals surface area contributed by atoms with Crippen molar-refractivity contribution in [3.63, 3.8) is 0 Å². The van der Waals surface area contributed by atoms with Gasteiger partial charge < -0.3 is 45.4 Å². The zero-order valence-corrected chi connectivity index (χ0v) is 40.5. The topological polar surface area (TPSA) is 169 Å². The zero-order chi connectivity index (χ0) is 45.3. The van der Waals surface area contributed by atoms with Gasteiger partial charge >= 0.3 is 0 Å². The highest BCUT2D eigenvalue weighted by molar-refractivity contribution is 5.76. The maximum atomic E-state index is 13.1. The molecule has 0 bridgehead atoms. The van der Waals surface area contributed by atoms with Crippen LogP contribution in [-0.2, 0) is 14.3 Å². The summed E-state index contributed by atoms with van der Waals surface area (Å²) >= 11 is 0. The van der Waals surface area contributed by atoms with Crippen molar-refractivity contribution < 1.29 is 44.9 Å². The third-order valence-electron chi connectivity index (χ3n) is 13.3. The second-order valence-corrected chi connectivity index (χ2v) is 19.2. The molecule has 0 aromatic rings. The van der Waals surface area contributed by atoms with Crippen molar-refractivity contribution in [1.82, 2.24) is 5.32 Å². The van der Waals surface area contributed by atoms with E-state index in [1.807, 2.05) is 0 Å². The van der Waals surface area contributed by atoms with Crippen LogP contribution in [-0.4, -0.2) is 98.7 Å². The van der Waals surface area contributed by atoms with Crippen LogP contribution in [0.1, 0.15) is 264 Å². The van der Waals surface area contributed by atoms with Crippen molar-refractivity contribution in [2.24, 2.45) is 0 Å². The molecule has 7 N–H and O–H groups in total. The second kappa shape index (κ2) is 42.8. The normalized spacial score (nSPS) is 20.7. The molecule has 1 saturated heterocycles. The molecule has 0 aliphatic carbocycles. The molecule has 0 aromatic heterocycles. The fourth-order valence-corrected chi connectivity index (χ4v) is 8.97. The van der Waals surface area contributed by atoms with E-state index in [1.54, 1.807) is 0 Å². The van der Waals surface area contributed by atoms with Crippen LogP contribution >= 0.6 is 0 Å². The van der Waals surface area contributed by atoms with Crippen molar-refractivity contribution in [2.75, 3.05) is 13.2 Å². The minimum Gasteiger partial charge on any atom is -0.394 e. The van der Waals surface area contributed by atoms with Crippen LogP contribution < -0.4 is 5.32 Å². The van der Waals surface area contributed by atoms with Gasteiger partial charge in [-0.3, -0.25) is 4.79 Å². The minimum atomic E-state index is -1.60. The van der Waals surface area contributed by atoms with Crippen LogP contribution in [0.15, 0.2) is 0 Å². The third-order valence-corrected chi connectivity index (χ3v) is 13.3. The minimum absolute atomic E-state index is 0.251. The van der Waals surface area contributed by atoms with Crippen LogP contribution in [0, 0.1) is 0 Å². The van der Waals surface area contributed by atoms with Gasteiger partial charge in [-0.1, -0.05) is 245 Å². The van der Waals surface area contributed by atoms with Gasteiger partial charge in [0.25, 0.3) is 0 Å². The van der Waals surface area contributed by atoms with Gasteiger partial charge in [-0.15, -0.1) is 0 Å². The molecule has 8 atom stereocenters. The molecule has 1 fully saturated rings. The molecule has 1 heterocycles. The van der Waals surface area contributed by atoms with Gasteiger partial charge in [0.1, 0.15) is 30.5 Å². The summed E-state index contributed by atoms with van der Waals surface area (Å²) in [5.41, 5.74) is 0. The van der Waals surface area contributed by atoms with E-state index in [9.17, 15) is 35.4 Å². The largest absolute Gasteiger partial charge is 0.394 e. The van der Waals surface area contributed by atoms with E-state index in [-0.39, 0.29) is 18.9 Å². The Morgan fingerprint density at radius 1 is 0.500 bits per heavy atom. The number of carbonyl (C=O) groups excluding carboxylic acids is 1. The van der Waals surface area contributed by atoms with Crippen LogP contribution in [0.3, 0.4) is 0 Å². The first-order chi connectivity index (χ1) is 30.3. The van der Waals surface area contributed by atoms with Crippen molar-refractivity contribution in [3.05, 3.63) is 0 Å². The maximum Gasteiger partial charge on any atom is 0.220 e. The summed E-state index contributed by atoms with van der Waals surface area (Å²) in [6.07, 6.45) is 38.3. The number of carbonyl (C=O) groups is 1. The number of hydrogen-bond donors (Lipinski definition) is 7. The third kappa shape index (κ3) is 31.9. The lowest BCUT2D eigenvalue weighted by atomic mass is 9.98. The van der Waals surface area contributed by atoms with Crippen molar-refractivity contribution in [3.8, 4) is 0 Å². The number of rotatable bonds is 46. The standard InChI is InChI=1S/C52H103NO9/c1-3-5-7-9-11-13-15-17-18-19-20-21-22-23-24-25-26-27-29-31-33-35-37-39-41-47(56)53-44(43-61-52-51(60)50(59)49(58)46(42-54)62-52)48(57)45(55)40-38-36-34-32-30-28-16-14-12-10-8-6-4-2/h44-46,48-52,54-55,57-60H,3-43H2,1-2H3,(H,53,56)/t44-,45+,46+,48-,49-,50?,51?,52+/m0/s1. The summed E-state index contributed by atoms with van der Waals surface area (Å²) in [5, 5.41) is 65.3. The molecule has 1 amide bonds. The number of amides is 1. The van der Waals surface area contributed by atoms with E-state index >= 15 is 0 Å². The molecule has 1 rings (SSSR count). The smallest absolute Gasteiger partial charge is 0.220 e. The van der Waals surface area contributed by atoms with E-state index in [4.69, 9.17) is 9.47 Å². The number of nitrogens with one attached hydrogen (secondary N) is 1.